The average molecular weight is 391 g/mol. The number of carbonyl (C=O) groups excluding carboxylic acids is 1. The molecule has 1 amide bonds. The Balaban J connectivity index is 2.02. The molecule has 3 nitrogen and oxygen atoms in total. The van der Waals surface area contributed by atoms with E-state index in [1.54, 1.807) is 0 Å². The first-order chi connectivity index (χ1) is 12.5. The predicted molar refractivity (Wildman–Crippen MR) is 84.9 cm³/mol. The smallest absolute Gasteiger partial charge is 0.416 e. The molecule has 0 atom stereocenters. The minimum Gasteiger partial charge on any atom is -0.484 e. The van der Waals surface area contributed by atoms with Gasteiger partial charge in [-0.2, -0.15) is 26.3 Å². The average Bonchev–Trinajstić information content (AvgIpc) is 2.58. The summed E-state index contributed by atoms with van der Waals surface area (Å²) in [6.45, 7) is -0.924. The van der Waals surface area contributed by atoms with Crippen LogP contribution in [0.2, 0.25) is 0 Å². The number of hydrogen-bond acceptors (Lipinski definition) is 2. The SMILES string of the molecule is CN(Cc1ccccc1C(F)(F)F)C(=O)COc1cccc(C(F)(F)F)c1. The molecule has 0 aliphatic carbocycles. The number of ether oxygens (including phenoxy) is 1. The lowest BCUT2D eigenvalue weighted by Gasteiger charge is -2.20. The molecule has 27 heavy (non-hydrogen) atoms. The van der Waals surface area contributed by atoms with Gasteiger partial charge in [0.2, 0.25) is 0 Å². The molecule has 0 fully saturated rings. The van der Waals surface area contributed by atoms with Crippen LogP contribution >= 0.6 is 0 Å². The summed E-state index contributed by atoms with van der Waals surface area (Å²) in [5.41, 5.74) is -1.89. The van der Waals surface area contributed by atoms with Gasteiger partial charge in [-0.05, 0) is 29.8 Å². The highest BCUT2D eigenvalue weighted by Gasteiger charge is 2.33. The van der Waals surface area contributed by atoms with Gasteiger partial charge in [-0.15, -0.1) is 0 Å². The molecule has 2 aromatic carbocycles. The molecule has 9 heteroatoms. The van der Waals surface area contributed by atoms with E-state index >= 15 is 0 Å². The number of halogens is 6. The summed E-state index contributed by atoms with van der Waals surface area (Å²) < 4.78 is 81.9. The van der Waals surface area contributed by atoms with Gasteiger partial charge in [-0.1, -0.05) is 24.3 Å². The van der Waals surface area contributed by atoms with E-state index in [2.05, 4.69) is 0 Å². The molecule has 2 rings (SSSR count). The molecule has 0 aromatic heterocycles. The van der Waals surface area contributed by atoms with Crippen LogP contribution in [0.3, 0.4) is 0 Å². The molecule has 0 aliphatic rings. The highest BCUT2D eigenvalue weighted by Crippen LogP contribution is 2.33. The maximum Gasteiger partial charge on any atom is 0.416 e. The highest BCUT2D eigenvalue weighted by molar-refractivity contribution is 5.77. The molecular weight excluding hydrogens is 376 g/mol. The molecule has 2 aromatic rings. The zero-order valence-electron chi connectivity index (χ0n) is 14.1. The van der Waals surface area contributed by atoms with Crippen LogP contribution in [0.25, 0.3) is 0 Å². The van der Waals surface area contributed by atoms with E-state index in [1.807, 2.05) is 0 Å². The van der Waals surface area contributed by atoms with Crippen LogP contribution in [0, 0.1) is 0 Å². The van der Waals surface area contributed by atoms with E-state index in [0.29, 0.717) is 0 Å². The summed E-state index contributed by atoms with van der Waals surface area (Å²) in [6.07, 6.45) is -9.11. The second kappa shape index (κ2) is 7.89. The van der Waals surface area contributed by atoms with Crippen LogP contribution in [-0.4, -0.2) is 24.5 Å². The minimum absolute atomic E-state index is 0.0973. The Morgan fingerprint density at radius 2 is 1.63 bits per heavy atom. The number of rotatable bonds is 5. The van der Waals surface area contributed by atoms with Gasteiger partial charge in [0.1, 0.15) is 5.75 Å². The lowest BCUT2D eigenvalue weighted by molar-refractivity contribution is -0.140. The maximum atomic E-state index is 13.0. The van der Waals surface area contributed by atoms with Gasteiger partial charge in [0.25, 0.3) is 5.91 Å². The number of nitrogens with zero attached hydrogens (tertiary/aromatic N) is 1. The van der Waals surface area contributed by atoms with Gasteiger partial charge in [0.05, 0.1) is 11.1 Å². The van der Waals surface area contributed by atoms with Gasteiger partial charge >= 0.3 is 12.4 Å². The molecule has 0 bridgehead atoms. The largest absolute Gasteiger partial charge is 0.484 e. The van der Waals surface area contributed by atoms with Crippen molar-refractivity contribution in [1.82, 2.24) is 4.90 Å². The van der Waals surface area contributed by atoms with Gasteiger partial charge < -0.3 is 9.64 Å². The molecule has 0 unspecified atom stereocenters. The van der Waals surface area contributed by atoms with Gasteiger partial charge in [0, 0.05) is 13.6 Å². The van der Waals surface area contributed by atoms with Crippen LogP contribution in [0.4, 0.5) is 26.3 Å². The Hall–Kier alpha value is -2.71. The van der Waals surface area contributed by atoms with Gasteiger partial charge in [-0.25, -0.2) is 0 Å². The van der Waals surface area contributed by atoms with E-state index in [4.69, 9.17) is 4.74 Å². The van der Waals surface area contributed by atoms with E-state index in [9.17, 15) is 31.1 Å². The Bertz CT molecular complexity index is 801. The van der Waals surface area contributed by atoms with Crippen molar-refractivity contribution >= 4 is 5.91 Å². The van der Waals surface area contributed by atoms with Crippen molar-refractivity contribution in [2.75, 3.05) is 13.7 Å². The van der Waals surface area contributed by atoms with Crippen LogP contribution < -0.4 is 4.74 Å². The number of benzene rings is 2. The summed E-state index contributed by atoms with van der Waals surface area (Å²) in [5.74, 6) is -0.841. The van der Waals surface area contributed by atoms with Crippen LogP contribution in [0.15, 0.2) is 48.5 Å². The van der Waals surface area contributed by atoms with Crippen molar-refractivity contribution in [3.8, 4) is 5.75 Å². The number of likely N-dealkylation sites (N-methyl/N-ethyl adjacent to an activating group) is 1. The number of carbonyl (C=O) groups is 1. The van der Waals surface area contributed by atoms with Gasteiger partial charge in [0.15, 0.2) is 6.61 Å². The molecule has 0 saturated heterocycles. The van der Waals surface area contributed by atoms with Crippen molar-refractivity contribution < 1.29 is 35.9 Å². The zero-order chi connectivity index (χ0) is 20.2. The van der Waals surface area contributed by atoms with Crippen LogP contribution in [-0.2, 0) is 23.7 Å². The number of alkyl halides is 6. The summed E-state index contributed by atoms with van der Waals surface area (Å²) in [4.78, 5) is 13.1. The second-order valence-corrected chi connectivity index (χ2v) is 5.72. The zero-order valence-corrected chi connectivity index (χ0v) is 14.1. The first-order valence-corrected chi connectivity index (χ1v) is 7.67. The first-order valence-electron chi connectivity index (χ1n) is 7.67. The lowest BCUT2D eigenvalue weighted by Crippen LogP contribution is -2.31. The van der Waals surface area contributed by atoms with E-state index in [-0.39, 0.29) is 17.9 Å². The topological polar surface area (TPSA) is 29.5 Å². The van der Waals surface area contributed by atoms with Crippen molar-refractivity contribution in [2.45, 2.75) is 18.9 Å². The fourth-order valence-corrected chi connectivity index (χ4v) is 2.30. The molecule has 0 aliphatic heterocycles. The van der Waals surface area contributed by atoms with E-state index in [1.165, 1.54) is 31.3 Å². The highest BCUT2D eigenvalue weighted by atomic mass is 19.4. The molecule has 0 saturated carbocycles. The van der Waals surface area contributed by atoms with E-state index in [0.717, 1.165) is 29.2 Å². The Morgan fingerprint density at radius 1 is 0.963 bits per heavy atom. The van der Waals surface area contributed by atoms with Crippen molar-refractivity contribution in [2.24, 2.45) is 0 Å². The van der Waals surface area contributed by atoms with Crippen molar-refractivity contribution in [1.29, 1.82) is 0 Å². The van der Waals surface area contributed by atoms with Gasteiger partial charge in [-0.3, -0.25) is 4.79 Å². The first kappa shape index (κ1) is 20.6. The standard InChI is InChI=1S/C18H15F6NO2/c1-25(10-12-5-2-3-8-15(12)18(22,23)24)16(26)11-27-14-7-4-6-13(9-14)17(19,20)21/h2-9H,10-11H2,1H3. The molecule has 0 spiro atoms. The Morgan fingerprint density at radius 3 is 2.26 bits per heavy atom. The molecule has 0 heterocycles. The molecule has 0 N–H and O–H groups in total. The summed E-state index contributed by atoms with van der Waals surface area (Å²) in [6, 6.07) is 8.80. The fourth-order valence-electron chi connectivity index (χ4n) is 2.30. The lowest BCUT2D eigenvalue weighted by atomic mass is 10.1. The normalized spacial score (nSPS) is 12.0. The Labute approximate surface area is 151 Å². The third-order valence-corrected chi connectivity index (χ3v) is 3.68. The molecule has 0 radical (unpaired) electrons. The summed E-state index contributed by atoms with van der Waals surface area (Å²) >= 11 is 0. The Kier molecular flexibility index (Phi) is 6.02. The van der Waals surface area contributed by atoms with Crippen molar-refractivity contribution in [3.05, 3.63) is 65.2 Å². The molecule has 146 valence electrons. The predicted octanol–water partition coefficient (Wildman–Crippen LogP) is 4.76. The van der Waals surface area contributed by atoms with Crippen molar-refractivity contribution in [3.63, 3.8) is 0 Å². The van der Waals surface area contributed by atoms with Crippen LogP contribution in [0.1, 0.15) is 16.7 Å². The third-order valence-electron chi connectivity index (χ3n) is 3.68. The fraction of sp³-hybridized carbons (Fsp3) is 0.278. The maximum absolute atomic E-state index is 13.0. The number of hydrogen-bond donors (Lipinski definition) is 0. The summed E-state index contributed by atoms with van der Waals surface area (Å²) in [5, 5.41) is 0. The van der Waals surface area contributed by atoms with Crippen LogP contribution in [0.5, 0.6) is 5.75 Å². The third kappa shape index (κ3) is 5.63. The second-order valence-electron chi connectivity index (χ2n) is 5.72. The van der Waals surface area contributed by atoms with E-state index < -0.39 is 36.0 Å². The summed E-state index contributed by atoms with van der Waals surface area (Å²) in [7, 11) is 1.28. The minimum atomic E-state index is -4.56. The molecular formula is C18H15F6NO2. The monoisotopic (exact) mass is 391 g/mol. The number of amides is 1. The quantitative estimate of drug-likeness (QED) is 0.688.